The summed E-state index contributed by atoms with van der Waals surface area (Å²) in [5.74, 6) is 2.81. The third kappa shape index (κ3) is 3.95. The number of carbonyl (C=O) groups is 1. The van der Waals surface area contributed by atoms with Gasteiger partial charge in [0, 0.05) is 49.7 Å². The number of carbonyl (C=O) groups excluding carboxylic acids is 1. The maximum absolute atomic E-state index is 11.4. The first-order valence-corrected chi connectivity index (χ1v) is 8.71. The van der Waals surface area contributed by atoms with Crippen molar-refractivity contribution in [3.8, 4) is 0 Å². The number of anilines is 2. The second kappa shape index (κ2) is 7.17. The molecule has 0 aromatic carbocycles. The maximum atomic E-state index is 11.4. The summed E-state index contributed by atoms with van der Waals surface area (Å²) in [5.41, 5.74) is 1.66. The molecule has 0 atom stereocenters. The van der Waals surface area contributed by atoms with E-state index >= 15 is 0 Å². The third-order valence-corrected chi connectivity index (χ3v) is 4.80. The molecule has 1 fully saturated rings. The van der Waals surface area contributed by atoms with Crippen molar-refractivity contribution in [3.63, 3.8) is 0 Å². The van der Waals surface area contributed by atoms with Crippen LogP contribution in [0.2, 0.25) is 0 Å². The quantitative estimate of drug-likeness (QED) is 0.798. The van der Waals surface area contributed by atoms with Gasteiger partial charge in [-0.05, 0) is 45.7 Å². The summed E-state index contributed by atoms with van der Waals surface area (Å²) in [6.07, 6.45) is 3.76. The molecule has 0 radical (unpaired) electrons. The number of aromatic nitrogens is 3. The lowest BCUT2D eigenvalue weighted by Crippen LogP contribution is -2.44. The van der Waals surface area contributed by atoms with Crippen LogP contribution in [0.5, 0.6) is 0 Å². The van der Waals surface area contributed by atoms with Crippen molar-refractivity contribution in [2.75, 3.05) is 29.9 Å². The number of Topliss-reactive ketones (excluding diaryl/α,β-unsaturated/α-hetero) is 1. The van der Waals surface area contributed by atoms with Gasteiger partial charge in [-0.2, -0.15) is 0 Å². The molecule has 0 amide bonds. The first kappa shape index (κ1) is 17.3. The Labute approximate surface area is 148 Å². The van der Waals surface area contributed by atoms with Crippen molar-refractivity contribution in [2.24, 2.45) is 0 Å². The van der Waals surface area contributed by atoms with Crippen LogP contribution in [-0.4, -0.2) is 46.9 Å². The number of hydrogen-bond donors (Lipinski definition) is 0. The second-order valence-electron chi connectivity index (χ2n) is 6.71. The number of ketones is 1. The number of rotatable bonds is 4. The second-order valence-corrected chi connectivity index (χ2v) is 6.71. The molecule has 0 N–H and O–H groups in total. The number of pyridine rings is 1. The Hall–Kier alpha value is -2.50. The summed E-state index contributed by atoms with van der Waals surface area (Å²) < 4.78 is 0. The van der Waals surface area contributed by atoms with E-state index in [0.29, 0.717) is 11.6 Å². The predicted octanol–water partition coefficient (Wildman–Crippen LogP) is 2.80. The average Bonchev–Trinajstić information content (AvgIpc) is 2.60. The van der Waals surface area contributed by atoms with Gasteiger partial charge in [-0.3, -0.25) is 4.79 Å². The molecule has 3 heterocycles. The van der Waals surface area contributed by atoms with Gasteiger partial charge >= 0.3 is 0 Å². The van der Waals surface area contributed by atoms with Crippen molar-refractivity contribution in [1.29, 1.82) is 0 Å². The lowest BCUT2D eigenvalue weighted by molar-refractivity contribution is 0.101. The average molecular weight is 339 g/mol. The van der Waals surface area contributed by atoms with Crippen LogP contribution >= 0.6 is 0 Å². The van der Waals surface area contributed by atoms with Crippen molar-refractivity contribution in [2.45, 2.75) is 39.7 Å². The molecular formula is C19H25N5O. The lowest BCUT2D eigenvalue weighted by Gasteiger charge is -2.37. The Morgan fingerprint density at radius 1 is 1.20 bits per heavy atom. The zero-order valence-corrected chi connectivity index (χ0v) is 15.4. The largest absolute Gasteiger partial charge is 0.357 e. The SMILES string of the molecule is CC(=O)c1ccc(N(C)C2CCN(c3cc(C)nc(C)n3)CC2)nc1. The predicted molar refractivity (Wildman–Crippen MR) is 99.4 cm³/mol. The zero-order valence-electron chi connectivity index (χ0n) is 15.4. The van der Waals surface area contributed by atoms with Gasteiger partial charge in [0.05, 0.1) is 0 Å². The molecule has 0 saturated carbocycles. The Morgan fingerprint density at radius 3 is 2.48 bits per heavy atom. The highest BCUT2D eigenvalue weighted by Gasteiger charge is 2.24. The van der Waals surface area contributed by atoms with Gasteiger partial charge in [-0.15, -0.1) is 0 Å². The number of hydrogen-bond acceptors (Lipinski definition) is 6. The smallest absolute Gasteiger partial charge is 0.161 e. The minimum atomic E-state index is 0.0467. The fourth-order valence-corrected chi connectivity index (χ4v) is 3.33. The van der Waals surface area contributed by atoms with Gasteiger partial charge < -0.3 is 9.80 Å². The molecule has 3 rings (SSSR count). The molecule has 25 heavy (non-hydrogen) atoms. The summed E-state index contributed by atoms with van der Waals surface area (Å²) >= 11 is 0. The van der Waals surface area contributed by atoms with Crippen molar-refractivity contribution in [3.05, 3.63) is 41.5 Å². The summed E-state index contributed by atoms with van der Waals surface area (Å²) in [6.45, 7) is 7.45. The summed E-state index contributed by atoms with van der Waals surface area (Å²) in [4.78, 5) is 29.3. The molecule has 0 aliphatic carbocycles. The van der Waals surface area contributed by atoms with E-state index in [1.807, 2.05) is 26.0 Å². The van der Waals surface area contributed by atoms with E-state index in [2.05, 4.69) is 37.9 Å². The Balaban J connectivity index is 1.64. The highest BCUT2D eigenvalue weighted by Crippen LogP contribution is 2.24. The van der Waals surface area contributed by atoms with Crippen LogP contribution in [0, 0.1) is 13.8 Å². The van der Waals surface area contributed by atoms with Crippen molar-refractivity contribution < 1.29 is 4.79 Å². The molecule has 6 nitrogen and oxygen atoms in total. The molecule has 1 saturated heterocycles. The number of aryl methyl sites for hydroxylation is 2. The molecule has 0 spiro atoms. The molecular weight excluding hydrogens is 314 g/mol. The van der Waals surface area contributed by atoms with Gasteiger partial charge in [-0.25, -0.2) is 15.0 Å². The van der Waals surface area contributed by atoms with Crippen LogP contribution < -0.4 is 9.80 Å². The van der Waals surface area contributed by atoms with Crippen molar-refractivity contribution >= 4 is 17.4 Å². The lowest BCUT2D eigenvalue weighted by atomic mass is 10.0. The van der Waals surface area contributed by atoms with Crippen LogP contribution in [0.4, 0.5) is 11.6 Å². The van der Waals surface area contributed by atoms with E-state index in [1.54, 1.807) is 13.1 Å². The Kier molecular flexibility index (Phi) is 4.97. The van der Waals surface area contributed by atoms with Gasteiger partial charge in [-0.1, -0.05) is 0 Å². The number of nitrogens with zero attached hydrogens (tertiary/aromatic N) is 5. The molecule has 1 aliphatic rings. The van der Waals surface area contributed by atoms with Gasteiger partial charge in [0.25, 0.3) is 0 Å². The van der Waals surface area contributed by atoms with Crippen LogP contribution in [-0.2, 0) is 0 Å². The van der Waals surface area contributed by atoms with Gasteiger partial charge in [0.15, 0.2) is 5.78 Å². The topological polar surface area (TPSA) is 62.2 Å². The minimum Gasteiger partial charge on any atom is -0.357 e. The first-order valence-electron chi connectivity index (χ1n) is 8.71. The van der Waals surface area contributed by atoms with Crippen molar-refractivity contribution in [1.82, 2.24) is 15.0 Å². The van der Waals surface area contributed by atoms with Crippen LogP contribution in [0.1, 0.15) is 41.6 Å². The van der Waals surface area contributed by atoms with E-state index < -0.39 is 0 Å². The monoisotopic (exact) mass is 339 g/mol. The third-order valence-electron chi connectivity index (χ3n) is 4.80. The molecule has 0 bridgehead atoms. The normalized spacial score (nSPS) is 15.3. The highest BCUT2D eigenvalue weighted by molar-refractivity contribution is 5.93. The summed E-state index contributed by atoms with van der Waals surface area (Å²) in [5, 5.41) is 0. The molecule has 2 aromatic rings. The van der Waals surface area contributed by atoms with E-state index in [0.717, 1.165) is 49.1 Å². The molecule has 2 aromatic heterocycles. The fourth-order valence-electron chi connectivity index (χ4n) is 3.33. The van der Waals surface area contributed by atoms with E-state index in [-0.39, 0.29) is 5.78 Å². The van der Waals surface area contributed by atoms with Crippen LogP contribution in [0.3, 0.4) is 0 Å². The zero-order chi connectivity index (χ0) is 18.0. The summed E-state index contributed by atoms with van der Waals surface area (Å²) in [6, 6.07) is 6.28. The molecule has 6 heteroatoms. The number of piperidine rings is 1. The molecule has 132 valence electrons. The Bertz CT molecular complexity index is 731. The van der Waals surface area contributed by atoms with Gasteiger partial charge in [0.2, 0.25) is 0 Å². The molecule has 0 unspecified atom stereocenters. The van der Waals surface area contributed by atoms with E-state index in [1.165, 1.54) is 0 Å². The highest BCUT2D eigenvalue weighted by atomic mass is 16.1. The van der Waals surface area contributed by atoms with Gasteiger partial charge in [0.1, 0.15) is 17.5 Å². The van der Waals surface area contributed by atoms with Crippen LogP contribution in [0.15, 0.2) is 24.4 Å². The molecule has 1 aliphatic heterocycles. The van der Waals surface area contributed by atoms with E-state index in [4.69, 9.17) is 0 Å². The standard InChI is InChI=1S/C19H25N5O/c1-13-11-19(22-15(3)21-13)24-9-7-17(8-10-24)23(4)18-6-5-16(12-20-18)14(2)25/h5-6,11-12,17H,7-10H2,1-4H3. The fraction of sp³-hybridized carbons (Fsp3) is 0.474. The first-order chi connectivity index (χ1) is 11.9. The minimum absolute atomic E-state index is 0.0467. The van der Waals surface area contributed by atoms with Crippen LogP contribution in [0.25, 0.3) is 0 Å². The summed E-state index contributed by atoms with van der Waals surface area (Å²) in [7, 11) is 2.08. The maximum Gasteiger partial charge on any atom is 0.161 e. The van der Waals surface area contributed by atoms with E-state index in [9.17, 15) is 4.79 Å². The Morgan fingerprint density at radius 2 is 1.92 bits per heavy atom.